The van der Waals surface area contributed by atoms with Gasteiger partial charge in [-0.05, 0) is 25.2 Å². The van der Waals surface area contributed by atoms with Crippen LogP contribution in [0.15, 0.2) is 18.2 Å². The van der Waals surface area contributed by atoms with E-state index in [4.69, 9.17) is 5.73 Å². The standard InChI is InChI=1S/C13H18N4S.ClH/c1-16-4-6-17(7-5-16)10-2-3-11-12(8-10)18-13(9-14)15-11;/h2-3,8H,4-7,9,14H2,1H3;1H. The quantitative estimate of drug-likeness (QED) is 0.920. The third-order valence-corrected chi connectivity index (χ3v) is 4.50. The van der Waals surface area contributed by atoms with Crippen molar-refractivity contribution in [2.24, 2.45) is 5.73 Å². The fourth-order valence-corrected chi connectivity index (χ4v) is 3.19. The number of nitrogens with zero attached hydrogens (tertiary/aromatic N) is 3. The van der Waals surface area contributed by atoms with Gasteiger partial charge in [0.05, 0.1) is 10.2 Å². The summed E-state index contributed by atoms with van der Waals surface area (Å²) in [6, 6.07) is 6.53. The van der Waals surface area contributed by atoms with Crippen molar-refractivity contribution in [3.8, 4) is 0 Å². The molecule has 0 unspecified atom stereocenters. The first-order valence-corrected chi connectivity index (χ1v) is 7.11. The molecule has 6 heteroatoms. The van der Waals surface area contributed by atoms with Crippen molar-refractivity contribution < 1.29 is 0 Å². The fourth-order valence-electron chi connectivity index (χ4n) is 2.31. The van der Waals surface area contributed by atoms with Gasteiger partial charge in [0.15, 0.2) is 0 Å². The third kappa shape index (κ3) is 3.00. The Kier molecular flexibility index (Phi) is 4.62. The number of benzene rings is 1. The van der Waals surface area contributed by atoms with Crippen LogP contribution in [0.1, 0.15) is 5.01 Å². The second-order valence-electron chi connectivity index (χ2n) is 4.75. The first-order valence-electron chi connectivity index (χ1n) is 6.29. The number of anilines is 1. The van der Waals surface area contributed by atoms with Crippen molar-refractivity contribution in [2.45, 2.75) is 6.54 Å². The van der Waals surface area contributed by atoms with Gasteiger partial charge in [0.2, 0.25) is 0 Å². The van der Waals surface area contributed by atoms with Crippen LogP contribution in [0.25, 0.3) is 10.2 Å². The number of halogens is 1. The highest BCUT2D eigenvalue weighted by Gasteiger charge is 2.15. The van der Waals surface area contributed by atoms with Crippen LogP contribution in [0.3, 0.4) is 0 Å². The lowest BCUT2D eigenvalue weighted by Crippen LogP contribution is -2.44. The molecule has 2 heterocycles. The van der Waals surface area contributed by atoms with Crippen molar-refractivity contribution in [2.75, 3.05) is 38.1 Å². The Bertz CT molecular complexity index is 549. The molecule has 0 aliphatic carbocycles. The van der Waals surface area contributed by atoms with Crippen LogP contribution < -0.4 is 10.6 Å². The van der Waals surface area contributed by atoms with E-state index in [2.05, 4.69) is 40.0 Å². The van der Waals surface area contributed by atoms with Crippen molar-refractivity contribution in [3.63, 3.8) is 0 Å². The van der Waals surface area contributed by atoms with E-state index in [9.17, 15) is 0 Å². The number of fused-ring (bicyclic) bond motifs is 1. The van der Waals surface area contributed by atoms with Gasteiger partial charge in [-0.15, -0.1) is 23.7 Å². The number of likely N-dealkylation sites (N-methyl/N-ethyl adjacent to an activating group) is 1. The number of thiazole rings is 1. The third-order valence-electron chi connectivity index (χ3n) is 3.46. The number of rotatable bonds is 2. The van der Waals surface area contributed by atoms with Crippen molar-refractivity contribution in [1.82, 2.24) is 9.88 Å². The molecule has 1 aromatic carbocycles. The highest BCUT2D eigenvalue weighted by Crippen LogP contribution is 2.27. The molecule has 1 aliphatic rings. The van der Waals surface area contributed by atoms with E-state index in [1.54, 1.807) is 11.3 Å². The first kappa shape index (κ1) is 14.5. The molecule has 0 saturated carbocycles. The summed E-state index contributed by atoms with van der Waals surface area (Å²) in [5.41, 5.74) is 8.02. The fraction of sp³-hybridized carbons (Fsp3) is 0.462. The molecule has 19 heavy (non-hydrogen) atoms. The van der Waals surface area contributed by atoms with E-state index in [-0.39, 0.29) is 12.4 Å². The van der Waals surface area contributed by atoms with E-state index in [1.165, 1.54) is 10.4 Å². The lowest BCUT2D eigenvalue weighted by Gasteiger charge is -2.34. The van der Waals surface area contributed by atoms with E-state index >= 15 is 0 Å². The monoisotopic (exact) mass is 298 g/mol. The highest BCUT2D eigenvalue weighted by atomic mass is 35.5. The molecule has 1 saturated heterocycles. The van der Waals surface area contributed by atoms with E-state index < -0.39 is 0 Å². The Balaban J connectivity index is 0.00000133. The summed E-state index contributed by atoms with van der Waals surface area (Å²) in [6.07, 6.45) is 0. The van der Waals surface area contributed by atoms with Crippen molar-refractivity contribution in [3.05, 3.63) is 23.2 Å². The lowest BCUT2D eigenvalue weighted by molar-refractivity contribution is 0.313. The maximum atomic E-state index is 5.64. The maximum absolute atomic E-state index is 5.64. The van der Waals surface area contributed by atoms with Crippen LogP contribution >= 0.6 is 23.7 Å². The molecule has 104 valence electrons. The molecular formula is C13H19ClN4S. The van der Waals surface area contributed by atoms with Crippen molar-refractivity contribution in [1.29, 1.82) is 0 Å². The molecule has 0 bridgehead atoms. The molecule has 1 aliphatic heterocycles. The average molecular weight is 299 g/mol. The summed E-state index contributed by atoms with van der Waals surface area (Å²) in [7, 11) is 2.18. The highest BCUT2D eigenvalue weighted by molar-refractivity contribution is 7.18. The summed E-state index contributed by atoms with van der Waals surface area (Å²) in [4.78, 5) is 9.31. The summed E-state index contributed by atoms with van der Waals surface area (Å²) >= 11 is 1.70. The van der Waals surface area contributed by atoms with E-state index in [1.807, 2.05) is 0 Å². The second-order valence-corrected chi connectivity index (χ2v) is 5.87. The Labute approximate surface area is 123 Å². The predicted molar refractivity (Wildman–Crippen MR) is 84.5 cm³/mol. The van der Waals surface area contributed by atoms with Gasteiger partial charge in [-0.25, -0.2) is 4.98 Å². The zero-order chi connectivity index (χ0) is 12.5. The molecule has 1 aromatic heterocycles. The molecule has 0 amide bonds. The van der Waals surface area contributed by atoms with Crippen molar-refractivity contribution >= 4 is 39.6 Å². The first-order chi connectivity index (χ1) is 8.76. The number of hydrogen-bond acceptors (Lipinski definition) is 5. The van der Waals surface area contributed by atoms with Crippen LogP contribution in [0.5, 0.6) is 0 Å². The van der Waals surface area contributed by atoms with Crippen LogP contribution in [0, 0.1) is 0 Å². The molecule has 2 N–H and O–H groups in total. The molecule has 4 nitrogen and oxygen atoms in total. The minimum Gasteiger partial charge on any atom is -0.369 e. The van der Waals surface area contributed by atoms with Gasteiger partial charge in [-0.1, -0.05) is 0 Å². The normalized spacial score (nSPS) is 16.6. The van der Waals surface area contributed by atoms with Crippen LogP contribution in [0.4, 0.5) is 5.69 Å². The molecular weight excluding hydrogens is 280 g/mol. The molecule has 0 atom stereocenters. The minimum atomic E-state index is 0. The molecule has 0 spiro atoms. The lowest BCUT2D eigenvalue weighted by atomic mass is 10.2. The molecule has 0 radical (unpaired) electrons. The van der Waals surface area contributed by atoms with E-state index in [0.717, 1.165) is 36.7 Å². The number of nitrogens with two attached hydrogens (primary N) is 1. The van der Waals surface area contributed by atoms with Gasteiger partial charge in [0, 0.05) is 38.4 Å². The summed E-state index contributed by atoms with van der Waals surface area (Å²) < 4.78 is 1.24. The Morgan fingerprint density at radius 1 is 1.26 bits per heavy atom. The SMILES string of the molecule is CN1CCN(c2ccc3nc(CN)sc3c2)CC1.Cl. The zero-order valence-corrected chi connectivity index (χ0v) is 12.6. The van der Waals surface area contributed by atoms with Gasteiger partial charge in [0.1, 0.15) is 5.01 Å². The van der Waals surface area contributed by atoms with Gasteiger partial charge in [-0.3, -0.25) is 0 Å². The van der Waals surface area contributed by atoms with E-state index in [0.29, 0.717) is 6.54 Å². The van der Waals surface area contributed by atoms with Gasteiger partial charge in [-0.2, -0.15) is 0 Å². The van der Waals surface area contributed by atoms with Crippen LogP contribution in [-0.4, -0.2) is 43.1 Å². The van der Waals surface area contributed by atoms with Gasteiger partial charge >= 0.3 is 0 Å². The average Bonchev–Trinajstić information content (AvgIpc) is 2.81. The second kappa shape index (κ2) is 6.05. The Morgan fingerprint density at radius 2 is 2.00 bits per heavy atom. The zero-order valence-electron chi connectivity index (χ0n) is 11.0. The molecule has 2 aromatic rings. The maximum Gasteiger partial charge on any atom is 0.107 e. The smallest absolute Gasteiger partial charge is 0.107 e. The number of aromatic nitrogens is 1. The van der Waals surface area contributed by atoms with Crippen LogP contribution in [0.2, 0.25) is 0 Å². The molecule has 1 fully saturated rings. The topological polar surface area (TPSA) is 45.4 Å². The minimum absolute atomic E-state index is 0. The predicted octanol–water partition coefficient (Wildman–Crippen LogP) is 1.93. The Morgan fingerprint density at radius 3 is 2.68 bits per heavy atom. The van der Waals surface area contributed by atoms with Crippen LogP contribution in [-0.2, 0) is 6.54 Å². The number of piperazine rings is 1. The van der Waals surface area contributed by atoms with Gasteiger partial charge in [0.25, 0.3) is 0 Å². The van der Waals surface area contributed by atoms with Gasteiger partial charge < -0.3 is 15.5 Å². The number of hydrogen-bond donors (Lipinski definition) is 1. The molecule has 3 rings (SSSR count). The summed E-state index contributed by atoms with van der Waals surface area (Å²) in [6.45, 7) is 5.00. The summed E-state index contributed by atoms with van der Waals surface area (Å²) in [5, 5.41) is 1.01. The largest absolute Gasteiger partial charge is 0.369 e. The Hall–Kier alpha value is -0.880. The summed E-state index contributed by atoms with van der Waals surface area (Å²) in [5.74, 6) is 0.